The van der Waals surface area contributed by atoms with Crippen molar-refractivity contribution in [3.05, 3.63) is 29.3 Å². The van der Waals surface area contributed by atoms with Crippen LogP contribution in [-0.2, 0) is 0 Å². The Balaban J connectivity index is 1.79. The summed E-state index contributed by atoms with van der Waals surface area (Å²) in [6.45, 7) is 0.752. The van der Waals surface area contributed by atoms with Gasteiger partial charge in [-0.1, -0.05) is 6.07 Å². The number of hydrogen-bond acceptors (Lipinski definition) is 5. The van der Waals surface area contributed by atoms with Crippen molar-refractivity contribution in [3.8, 4) is 10.6 Å². The maximum atomic E-state index is 12.8. The number of carbonyl (C=O) groups is 1. The summed E-state index contributed by atoms with van der Waals surface area (Å²) in [7, 11) is 0. The predicted molar refractivity (Wildman–Crippen MR) is 83.7 cm³/mol. The van der Waals surface area contributed by atoms with E-state index in [1.54, 1.807) is 22.4 Å². The first-order valence-electron chi connectivity index (χ1n) is 7.33. The molecule has 22 heavy (non-hydrogen) atoms. The first-order valence-corrected chi connectivity index (χ1v) is 8.21. The summed E-state index contributed by atoms with van der Waals surface area (Å²) < 4.78 is 0. The van der Waals surface area contributed by atoms with Crippen LogP contribution in [-0.4, -0.2) is 56.5 Å². The van der Waals surface area contributed by atoms with Crippen LogP contribution in [0.5, 0.6) is 0 Å². The molecule has 1 fully saturated rings. The number of rotatable bonds is 3. The minimum Gasteiger partial charge on any atom is -0.393 e. The summed E-state index contributed by atoms with van der Waals surface area (Å²) in [4.78, 5) is 15.5. The number of H-pyrrole nitrogens is 1. The van der Waals surface area contributed by atoms with E-state index in [9.17, 15) is 15.0 Å². The fourth-order valence-corrected chi connectivity index (χ4v) is 3.50. The molecule has 118 valence electrons. The lowest BCUT2D eigenvalue weighted by Crippen LogP contribution is -2.36. The van der Waals surface area contributed by atoms with Crippen molar-refractivity contribution in [1.82, 2.24) is 15.1 Å². The molecule has 1 saturated heterocycles. The van der Waals surface area contributed by atoms with E-state index in [4.69, 9.17) is 0 Å². The minimum atomic E-state index is -1.07. The zero-order chi connectivity index (χ0) is 15.6. The third-order valence-electron chi connectivity index (χ3n) is 4.14. The average molecular weight is 321 g/mol. The molecule has 2 aromatic rings. The van der Waals surface area contributed by atoms with Crippen LogP contribution < -0.4 is 0 Å². The molecule has 6 nitrogen and oxygen atoms in total. The highest BCUT2D eigenvalue weighted by molar-refractivity contribution is 7.13. The van der Waals surface area contributed by atoms with Crippen LogP contribution in [0.3, 0.4) is 0 Å². The molecular formula is C15H19N3O3S. The molecular weight excluding hydrogens is 302 g/mol. The number of nitrogens with one attached hydrogen (secondary N) is 1. The van der Waals surface area contributed by atoms with E-state index in [1.165, 1.54) is 0 Å². The fourth-order valence-electron chi connectivity index (χ4n) is 2.77. The molecule has 0 aliphatic carbocycles. The zero-order valence-corrected chi connectivity index (χ0v) is 13.0. The average Bonchev–Trinajstić information content (AvgIpc) is 3.16. The quantitative estimate of drug-likeness (QED) is 0.799. The van der Waals surface area contributed by atoms with Crippen molar-refractivity contribution in [1.29, 1.82) is 0 Å². The van der Waals surface area contributed by atoms with Crippen LogP contribution in [0, 0.1) is 0 Å². The molecule has 3 rings (SSSR count). The van der Waals surface area contributed by atoms with Crippen LogP contribution >= 0.6 is 11.3 Å². The van der Waals surface area contributed by atoms with Crippen molar-refractivity contribution in [2.75, 3.05) is 19.7 Å². The Morgan fingerprint density at radius 1 is 1.45 bits per heavy atom. The number of hydrogen-bond donors (Lipinski definition) is 3. The standard InChI is InChI=1S/C15H19N3O3S/c19-10-15(21)4-2-6-18(7-5-15)14(20)11-9-16-17-13(11)12-3-1-8-22-12/h1,3,8-9,19,21H,2,4-7,10H2,(H,16,17)/t15-/m1/s1. The number of aromatic nitrogens is 2. The Bertz CT molecular complexity index is 640. The third kappa shape index (κ3) is 2.92. The van der Waals surface area contributed by atoms with E-state index in [1.807, 2.05) is 17.5 Å². The molecule has 0 bridgehead atoms. The summed E-state index contributed by atoms with van der Waals surface area (Å²) in [5.74, 6) is -0.0839. The molecule has 2 aromatic heterocycles. The molecule has 1 amide bonds. The van der Waals surface area contributed by atoms with Crippen molar-refractivity contribution < 1.29 is 15.0 Å². The Labute approximate surface area is 132 Å². The van der Waals surface area contributed by atoms with Crippen LogP contribution in [0.1, 0.15) is 29.6 Å². The first kappa shape index (κ1) is 15.2. The number of nitrogens with zero attached hydrogens (tertiary/aromatic N) is 2. The van der Waals surface area contributed by atoms with E-state index in [0.717, 1.165) is 10.6 Å². The number of thiophene rings is 1. The van der Waals surface area contributed by atoms with Gasteiger partial charge in [0.15, 0.2) is 0 Å². The first-order chi connectivity index (χ1) is 10.6. The number of carbonyl (C=O) groups excluding carboxylic acids is 1. The maximum absolute atomic E-state index is 12.8. The second kappa shape index (κ2) is 6.20. The molecule has 1 aliphatic heterocycles. The van der Waals surface area contributed by atoms with Crippen LogP contribution in [0.2, 0.25) is 0 Å². The SMILES string of the molecule is O=C(c1cn[nH]c1-c1cccs1)N1CCC[C@](O)(CO)CC1. The second-order valence-corrected chi connectivity index (χ2v) is 6.61. The molecule has 0 saturated carbocycles. The molecule has 1 aliphatic rings. The summed E-state index contributed by atoms with van der Waals surface area (Å²) >= 11 is 1.55. The number of aromatic amines is 1. The second-order valence-electron chi connectivity index (χ2n) is 5.66. The van der Waals surface area contributed by atoms with Gasteiger partial charge in [0.1, 0.15) is 0 Å². The lowest BCUT2D eigenvalue weighted by atomic mass is 9.96. The van der Waals surface area contributed by atoms with Gasteiger partial charge in [0, 0.05) is 13.1 Å². The Hall–Kier alpha value is -1.70. The van der Waals surface area contributed by atoms with Crippen molar-refractivity contribution in [2.24, 2.45) is 0 Å². The summed E-state index contributed by atoms with van der Waals surface area (Å²) in [6, 6.07) is 3.88. The lowest BCUT2D eigenvalue weighted by Gasteiger charge is -2.24. The number of amides is 1. The monoisotopic (exact) mass is 321 g/mol. The van der Waals surface area contributed by atoms with Crippen LogP contribution in [0.25, 0.3) is 10.6 Å². The van der Waals surface area contributed by atoms with E-state index in [-0.39, 0.29) is 12.5 Å². The number of aliphatic hydroxyl groups is 2. The van der Waals surface area contributed by atoms with Crippen molar-refractivity contribution in [3.63, 3.8) is 0 Å². The van der Waals surface area contributed by atoms with Gasteiger partial charge in [-0.3, -0.25) is 9.89 Å². The van der Waals surface area contributed by atoms with Crippen LogP contribution in [0.4, 0.5) is 0 Å². The smallest absolute Gasteiger partial charge is 0.257 e. The highest BCUT2D eigenvalue weighted by Crippen LogP contribution is 2.28. The third-order valence-corrected chi connectivity index (χ3v) is 5.02. The van der Waals surface area contributed by atoms with Gasteiger partial charge in [-0.15, -0.1) is 11.3 Å². The van der Waals surface area contributed by atoms with E-state index < -0.39 is 5.60 Å². The molecule has 0 spiro atoms. The van der Waals surface area contributed by atoms with Gasteiger partial charge in [0.2, 0.25) is 0 Å². The Kier molecular flexibility index (Phi) is 4.28. The number of likely N-dealkylation sites (tertiary alicyclic amines) is 1. The van der Waals surface area contributed by atoms with E-state index in [0.29, 0.717) is 37.9 Å². The van der Waals surface area contributed by atoms with Gasteiger partial charge >= 0.3 is 0 Å². The summed E-state index contributed by atoms with van der Waals surface area (Å²) in [5, 5.41) is 28.3. The minimum absolute atomic E-state index is 0.0839. The summed E-state index contributed by atoms with van der Waals surface area (Å²) in [6.07, 6.45) is 3.13. The predicted octanol–water partition coefficient (Wildman–Crippen LogP) is 1.49. The Morgan fingerprint density at radius 2 is 2.32 bits per heavy atom. The topological polar surface area (TPSA) is 89.5 Å². The van der Waals surface area contributed by atoms with Crippen molar-refractivity contribution in [2.45, 2.75) is 24.9 Å². The Morgan fingerprint density at radius 3 is 3.05 bits per heavy atom. The van der Waals surface area contributed by atoms with Gasteiger partial charge in [0.05, 0.1) is 34.5 Å². The van der Waals surface area contributed by atoms with E-state index in [2.05, 4.69) is 10.2 Å². The molecule has 0 aromatic carbocycles. The van der Waals surface area contributed by atoms with Gasteiger partial charge < -0.3 is 15.1 Å². The molecule has 7 heteroatoms. The van der Waals surface area contributed by atoms with Crippen molar-refractivity contribution >= 4 is 17.2 Å². The molecule has 0 radical (unpaired) electrons. The van der Waals surface area contributed by atoms with Gasteiger partial charge in [-0.25, -0.2) is 0 Å². The van der Waals surface area contributed by atoms with Gasteiger partial charge in [0.25, 0.3) is 5.91 Å². The number of aliphatic hydroxyl groups excluding tert-OH is 1. The van der Waals surface area contributed by atoms with Gasteiger partial charge in [-0.05, 0) is 30.7 Å². The normalized spacial score (nSPS) is 22.5. The molecule has 0 unspecified atom stereocenters. The maximum Gasteiger partial charge on any atom is 0.257 e. The lowest BCUT2D eigenvalue weighted by molar-refractivity contribution is -0.0250. The molecule has 3 heterocycles. The van der Waals surface area contributed by atoms with Gasteiger partial charge in [-0.2, -0.15) is 5.10 Å². The molecule has 3 N–H and O–H groups in total. The highest BCUT2D eigenvalue weighted by atomic mass is 32.1. The zero-order valence-electron chi connectivity index (χ0n) is 12.2. The molecule has 1 atom stereocenters. The summed E-state index contributed by atoms with van der Waals surface area (Å²) in [5.41, 5.74) is 0.223. The highest BCUT2D eigenvalue weighted by Gasteiger charge is 2.32. The largest absolute Gasteiger partial charge is 0.393 e. The van der Waals surface area contributed by atoms with Crippen LogP contribution in [0.15, 0.2) is 23.7 Å². The van der Waals surface area contributed by atoms with E-state index >= 15 is 0 Å². The fraction of sp³-hybridized carbons (Fsp3) is 0.467.